The van der Waals surface area contributed by atoms with Crippen LogP contribution in [0.15, 0.2) is 42.5 Å². The number of hydrogen-bond acceptors (Lipinski definition) is 3. The normalized spacial score (nSPS) is 18.4. The highest BCUT2D eigenvalue weighted by Gasteiger charge is 2.32. The summed E-state index contributed by atoms with van der Waals surface area (Å²) in [5.74, 6) is 0.617. The number of sulfonamides is 1. The highest BCUT2D eigenvalue weighted by atomic mass is 32.2. The van der Waals surface area contributed by atoms with Crippen LogP contribution in [0.25, 0.3) is 11.1 Å². The summed E-state index contributed by atoms with van der Waals surface area (Å²) in [5, 5.41) is -0.140. The van der Waals surface area contributed by atoms with Crippen LogP contribution in [0.3, 0.4) is 0 Å². The molecule has 0 bridgehead atoms. The molecule has 1 saturated carbocycles. The molecule has 0 radical (unpaired) electrons. The second-order valence-corrected chi connectivity index (χ2v) is 12.5. The molecule has 1 saturated heterocycles. The van der Waals surface area contributed by atoms with Crippen LogP contribution in [0.1, 0.15) is 74.5 Å². The number of aryl methyl sites for hydroxylation is 1. The van der Waals surface area contributed by atoms with Crippen LogP contribution in [0.5, 0.6) is 0 Å². The highest BCUT2D eigenvalue weighted by Crippen LogP contribution is 2.31. The molecule has 2 fully saturated rings. The molecular weight excluding hydrogens is 440 g/mol. The predicted octanol–water partition coefficient (Wildman–Crippen LogP) is 6.13. The smallest absolute Gasteiger partial charge is 0.216 e. The molecule has 34 heavy (non-hydrogen) atoms. The number of hydrogen-bond donors (Lipinski definition) is 0. The summed E-state index contributed by atoms with van der Waals surface area (Å²) in [6, 6.07) is 15.7. The molecule has 1 aliphatic heterocycles. The standard InChI is InChI=1S/C29H42N2O2S/c1-4-31(34(32,33)28-12-6-5-7-13-28)20-9-8-19-30-21-27(22-30)25-15-17-26(18-16-25)29-14-10-11-23(2)24(29)3/h10-11,14-18,27-28H,4-9,12-13,19-22H2,1-3H3. The van der Waals surface area contributed by atoms with Gasteiger partial charge in [0.25, 0.3) is 0 Å². The molecule has 0 unspecified atom stereocenters. The molecule has 0 aromatic heterocycles. The van der Waals surface area contributed by atoms with E-state index < -0.39 is 10.0 Å². The Kier molecular flexibility index (Phi) is 8.49. The van der Waals surface area contributed by atoms with Crippen molar-refractivity contribution in [2.24, 2.45) is 0 Å². The van der Waals surface area contributed by atoms with E-state index in [1.807, 2.05) is 6.92 Å². The SMILES string of the molecule is CCN(CCCCN1CC(c2ccc(-c3cccc(C)c3C)cc2)C1)S(=O)(=O)C1CCCCC1. The van der Waals surface area contributed by atoms with Gasteiger partial charge in [-0.1, -0.05) is 68.7 Å². The van der Waals surface area contributed by atoms with E-state index in [2.05, 4.69) is 61.2 Å². The highest BCUT2D eigenvalue weighted by molar-refractivity contribution is 7.89. The fourth-order valence-electron chi connectivity index (χ4n) is 5.62. The molecule has 4 rings (SSSR count). The number of rotatable bonds is 10. The van der Waals surface area contributed by atoms with Crippen LogP contribution < -0.4 is 0 Å². The van der Waals surface area contributed by atoms with Crippen molar-refractivity contribution >= 4 is 10.0 Å². The molecule has 4 nitrogen and oxygen atoms in total. The lowest BCUT2D eigenvalue weighted by molar-refractivity contribution is 0.144. The van der Waals surface area contributed by atoms with Crippen molar-refractivity contribution in [2.75, 3.05) is 32.7 Å². The second-order valence-electron chi connectivity index (χ2n) is 10.3. The average molecular weight is 483 g/mol. The van der Waals surface area contributed by atoms with Crippen molar-refractivity contribution in [3.63, 3.8) is 0 Å². The molecule has 2 aromatic rings. The van der Waals surface area contributed by atoms with E-state index in [0.717, 1.165) is 58.2 Å². The lowest BCUT2D eigenvalue weighted by Crippen LogP contribution is -2.45. The summed E-state index contributed by atoms with van der Waals surface area (Å²) in [7, 11) is -3.12. The zero-order valence-corrected chi connectivity index (χ0v) is 22.1. The van der Waals surface area contributed by atoms with Gasteiger partial charge in [-0.3, -0.25) is 0 Å². The molecule has 0 spiro atoms. The molecule has 0 N–H and O–H groups in total. The topological polar surface area (TPSA) is 40.6 Å². The monoisotopic (exact) mass is 482 g/mol. The van der Waals surface area contributed by atoms with Gasteiger partial charge >= 0.3 is 0 Å². The first-order valence-electron chi connectivity index (χ1n) is 13.3. The van der Waals surface area contributed by atoms with Crippen LogP contribution in [-0.4, -0.2) is 55.6 Å². The van der Waals surface area contributed by atoms with Gasteiger partial charge in [0.05, 0.1) is 5.25 Å². The van der Waals surface area contributed by atoms with Gasteiger partial charge in [0, 0.05) is 32.1 Å². The Hall–Kier alpha value is -1.69. The minimum absolute atomic E-state index is 0.140. The van der Waals surface area contributed by atoms with Gasteiger partial charge in [-0.2, -0.15) is 0 Å². The first-order valence-corrected chi connectivity index (χ1v) is 14.8. The van der Waals surface area contributed by atoms with Gasteiger partial charge in [-0.05, 0) is 73.9 Å². The lowest BCUT2D eigenvalue weighted by atomic mass is 9.89. The maximum absolute atomic E-state index is 13.0. The van der Waals surface area contributed by atoms with Crippen LogP contribution in [-0.2, 0) is 10.0 Å². The van der Waals surface area contributed by atoms with Crippen molar-refractivity contribution in [3.05, 3.63) is 59.2 Å². The van der Waals surface area contributed by atoms with Crippen molar-refractivity contribution in [1.82, 2.24) is 9.21 Å². The van der Waals surface area contributed by atoms with E-state index in [-0.39, 0.29) is 5.25 Å². The third-order valence-corrected chi connectivity index (χ3v) is 10.5. The van der Waals surface area contributed by atoms with Crippen LogP contribution in [0.2, 0.25) is 0 Å². The molecule has 2 aromatic carbocycles. The minimum Gasteiger partial charge on any atom is -0.302 e. The number of nitrogens with zero attached hydrogens (tertiary/aromatic N) is 2. The fourth-order valence-corrected chi connectivity index (χ4v) is 7.72. The quantitative estimate of drug-likeness (QED) is 0.382. The molecular formula is C29H42N2O2S. The zero-order chi connectivity index (χ0) is 24.1. The number of benzene rings is 2. The van der Waals surface area contributed by atoms with E-state index in [1.165, 1.54) is 34.2 Å². The van der Waals surface area contributed by atoms with Gasteiger partial charge in [-0.15, -0.1) is 0 Å². The molecule has 1 aliphatic carbocycles. The Bertz CT molecular complexity index is 1040. The molecule has 0 atom stereocenters. The average Bonchev–Trinajstić information content (AvgIpc) is 2.82. The molecule has 0 amide bonds. The van der Waals surface area contributed by atoms with Gasteiger partial charge in [0.2, 0.25) is 10.0 Å². The van der Waals surface area contributed by atoms with E-state index in [4.69, 9.17) is 0 Å². The predicted molar refractivity (Wildman–Crippen MR) is 143 cm³/mol. The molecule has 2 aliphatic rings. The fraction of sp³-hybridized carbons (Fsp3) is 0.586. The van der Waals surface area contributed by atoms with E-state index >= 15 is 0 Å². The van der Waals surface area contributed by atoms with Crippen LogP contribution in [0.4, 0.5) is 0 Å². The Balaban J connectivity index is 1.20. The second kappa shape index (κ2) is 11.4. The minimum atomic E-state index is -3.12. The largest absolute Gasteiger partial charge is 0.302 e. The number of unbranched alkanes of at least 4 members (excludes halogenated alkanes) is 1. The summed E-state index contributed by atoms with van der Waals surface area (Å²) >= 11 is 0. The van der Waals surface area contributed by atoms with E-state index in [0.29, 0.717) is 19.0 Å². The van der Waals surface area contributed by atoms with E-state index in [1.54, 1.807) is 4.31 Å². The Morgan fingerprint density at radius 1 is 0.941 bits per heavy atom. The molecule has 1 heterocycles. The third kappa shape index (κ3) is 5.75. The van der Waals surface area contributed by atoms with Gasteiger partial charge in [0.15, 0.2) is 0 Å². The summed E-state index contributed by atoms with van der Waals surface area (Å²) in [4.78, 5) is 2.51. The van der Waals surface area contributed by atoms with Crippen molar-refractivity contribution in [2.45, 2.75) is 76.9 Å². The molecule has 5 heteroatoms. The number of likely N-dealkylation sites (tertiary alicyclic amines) is 1. The third-order valence-electron chi connectivity index (χ3n) is 8.07. The van der Waals surface area contributed by atoms with Crippen molar-refractivity contribution in [3.8, 4) is 11.1 Å². The lowest BCUT2D eigenvalue weighted by Gasteiger charge is -2.40. The summed E-state index contributed by atoms with van der Waals surface area (Å²) in [5.41, 5.74) is 6.75. The summed E-state index contributed by atoms with van der Waals surface area (Å²) in [6.45, 7) is 10.9. The maximum atomic E-state index is 13.0. The van der Waals surface area contributed by atoms with Crippen LogP contribution >= 0.6 is 0 Å². The molecule has 186 valence electrons. The van der Waals surface area contributed by atoms with Crippen LogP contribution in [0, 0.1) is 13.8 Å². The van der Waals surface area contributed by atoms with Gasteiger partial charge in [0.1, 0.15) is 0 Å². The first-order chi connectivity index (χ1) is 16.4. The summed E-state index contributed by atoms with van der Waals surface area (Å²) < 4.78 is 27.7. The van der Waals surface area contributed by atoms with Crippen molar-refractivity contribution in [1.29, 1.82) is 0 Å². The zero-order valence-electron chi connectivity index (χ0n) is 21.3. The maximum Gasteiger partial charge on any atom is 0.216 e. The Morgan fingerprint density at radius 3 is 2.32 bits per heavy atom. The first kappa shape index (κ1) is 25.4. The van der Waals surface area contributed by atoms with E-state index in [9.17, 15) is 8.42 Å². The van der Waals surface area contributed by atoms with Gasteiger partial charge < -0.3 is 4.90 Å². The Labute approximate surface area is 207 Å². The Morgan fingerprint density at radius 2 is 1.65 bits per heavy atom. The summed E-state index contributed by atoms with van der Waals surface area (Å²) in [6.07, 6.45) is 7.02. The van der Waals surface area contributed by atoms with Crippen molar-refractivity contribution < 1.29 is 8.42 Å². The van der Waals surface area contributed by atoms with Gasteiger partial charge in [-0.25, -0.2) is 12.7 Å².